The van der Waals surface area contributed by atoms with Gasteiger partial charge >= 0.3 is 0 Å². The second-order valence-electron chi connectivity index (χ2n) is 16.6. The number of hydrogen-bond donors (Lipinski definition) is 2. The van der Waals surface area contributed by atoms with Crippen LogP contribution in [0.3, 0.4) is 0 Å². The van der Waals surface area contributed by atoms with Gasteiger partial charge in [-0.15, -0.1) is 0 Å². The molecule has 2 aliphatic rings. The zero-order valence-electron chi connectivity index (χ0n) is 33.6. The summed E-state index contributed by atoms with van der Waals surface area (Å²) in [6.45, 7) is 14.2. The minimum absolute atomic E-state index is 0.813. The summed E-state index contributed by atoms with van der Waals surface area (Å²) in [5.74, 6) is 0. The highest BCUT2D eigenvalue weighted by molar-refractivity contribution is 6.15. The van der Waals surface area contributed by atoms with Crippen molar-refractivity contribution in [3.63, 3.8) is 0 Å². The molecule has 3 aromatic heterocycles. The van der Waals surface area contributed by atoms with Gasteiger partial charge in [-0.05, 0) is 205 Å². The molecule has 0 saturated carbocycles. The number of H-pyrrole nitrogens is 1. The summed E-state index contributed by atoms with van der Waals surface area (Å²) in [5.41, 5.74) is 26.0. The fourth-order valence-corrected chi connectivity index (χ4v) is 9.79. The lowest BCUT2D eigenvalue weighted by molar-refractivity contribution is 0.945. The van der Waals surface area contributed by atoms with Gasteiger partial charge in [0.05, 0.1) is 27.8 Å². The van der Waals surface area contributed by atoms with Crippen LogP contribution in [0.25, 0.3) is 88.4 Å². The van der Waals surface area contributed by atoms with Crippen molar-refractivity contribution in [3.8, 4) is 39.1 Å². The number of aromatic nitrogens is 3. The van der Waals surface area contributed by atoms with E-state index in [-0.39, 0.29) is 0 Å². The maximum Gasteiger partial charge on any atom is 0.0636 e. The normalized spacial score (nSPS) is 13.8. The van der Waals surface area contributed by atoms with E-state index < -0.39 is 0 Å². The molecule has 0 radical (unpaired) electrons. The second-order valence-corrected chi connectivity index (χ2v) is 16.6. The number of aromatic amines is 1. The number of benzene rings is 6. The fourth-order valence-electron chi connectivity index (χ4n) is 9.79. The molecule has 0 atom stereocenters. The van der Waals surface area contributed by atoms with Crippen LogP contribution in [-0.2, 0) is 12.8 Å². The first kappa shape index (κ1) is 33.8. The van der Waals surface area contributed by atoms with E-state index >= 15 is 0 Å². The minimum Gasteiger partial charge on any atom is -0.387 e. The van der Waals surface area contributed by atoms with E-state index in [1.165, 1.54) is 127 Å². The molecule has 4 nitrogen and oxygen atoms in total. The number of nitrogens with zero attached hydrogens (tertiary/aromatic N) is 2. The Hall–Kier alpha value is -6.52. The Morgan fingerprint density at radius 3 is 1.49 bits per heavy atom. The second kappa shape index (κ2) is 12.5. The van der Waals surface area contributed by atoms with Crippen molar-refractivity contribution in [2.75, 3.05) is 6.54 Å². The van der Waals surface area contributed by atoms with Crippen molar-refractivity contribution in [2.45, 2.75) is 54.4 Å². The van der Waals surface area contributed by atoms with E-state index in [4.69, 9.17) is 0 Å². The topological polar surface area (TPSA) is 37.7 Å². The molecule has 6 aromatic carbocycles. The van der Waals surface area contributed by atoms with Crippen LogP contribution in [-0.4, -0.2) is 20.7 Å². The van der Waals surface area contributed by atoms with Crippen molar-refractivity contribution in [1.82, 2.24) is 19.4 Å². The Labute approximate surface area is 333 Å². The van der Waals surface area contributed by atoms with Crippen molar-refractivity contribution < 1.29 is 0 Å². The van der Waals surface area contributed by atoms with Gasteiger partial charge in [-0.2, -0.15) is 0 Å². The van der Waals surface area contributed by atoms with Crippen molar-refractivity contribution in [2.24, 2.45) is 0 Å². The standard InChI is InChI=1S/C53H46N4/c1-30-19-40(20-31(2)34(30)5)36-9-11-50-46(23-36)48-25-38-7-8-39-26-49-47-24-37(41-21-32(3)35(6)33(4)22-41)10-12-51(47)57(43-15-18-55-29-43)53(49)28-45(39)44(38)27-52(48)56(50)42-13-16-54-17-14-42/h9-16,18-29,54-55H,7-8,17H2,1-6H3. The molecule has 4 heteroatoms. The number of hydrogen-bond acceptors (Lipinski definition) is 1. The molecule has 0 amide bonds. The molecular formula is C53H46N4. The average Bonchev–Trinajstić information content (AvgIpc) is 3.95. The highest BCUT2D eigenvalue weighted by Crippen LogP contribution is 2.45. The lowest BCUT2D eigenvalue weighted by Gasteiger charge is -2.22. The van der Waals surface area contributed by atoms with E-state index in [1.54, 1.807) is 0 Å². The molecule has 57 heavy (non-hydrogen) atoms. The first-order chi connectivity index (χ1) is 27.7. The highest BCUT2D eigenvalue weighted by atomic mass is 15.0. The van der Waals surface area contributed by atoms with Gasteiger partial charge in [0.1, 0.15) is 0 Å². The molecule has 9 aromatic rings. The molecule has 278 valence electrons. The lowest BCUT2D eigenvalue weighted by Crippen LogP contribution is -2.11. The zero-order chi connectivity index (χ0) is 38.7. The number of nitrogens with one attached hydrogen (secondary N) is 2. The lowest BCUT2D eigenvalue weighted by atomic mass is 9.84. The van der Waals surface area contributed by atoms with Crippen molar-refractivity contribution in [3.05, 3.63) is 166 Å². The molecule has 11 rings (SSSR count). The summed E-state index contributed by atoms with van der Waals surface area (Å²) in [5, 5.41) is 8.60. The third-order valence-electron chi connectivity index (χ3n) is 13.4. The summed E-state index contributed by atoms with van der Waals surface area (Å²) in [6, 6.07) is 35.7. The van der Waals surface area contributed by atoms with Gasteiger partial charge in [0.2, 0.25) is 0 Å². The van der Waals surface area contributed by atoms with Crippen LogP contribution < -0.4 is 5.32 Å². The maximum absolute atomic E-state index is 3.37. The van der Waals surface area contributed by atoms with Gasteiger partial charge in [0, 0.05) is 46.2 Å². The average molecular weight is 739 g/mol. The van der Waals surface area contributed by atoms with Crippen LogP contribution in [0.4, 0.5) is 0 Å². The number of allylic oxidation sites excluding steroid dienone is 2. The minimum atomic E-state index is 0.813. The molecule has 0 saturated heterocycles. The zero-order valence-corrected chi connectivity index (χ0v) is 33.6. The quantitative estimate of drug-likeness (QED) is 0.185. The summed E-state index contributed by atoms with van der Waals surface area (Å²) in [7, 11) is 0. The van der Waals surface area contributed by atoms with E-state index in [2.05, 4.69) is 177 Å². The Balaban J connectivity index is 1.14. The van der Waals surface area contributed by atoms with Crippen LogP contribution in [0.1, 0.15) is 44.5 Å². The Morgan fingerprint density at radius 1 is 0.491 bits per heavy atom. The third kappa shape index (κ3) is 5.13. The molecule has 1 aliphatic carbocycles. The van der Waals surface area contributed by atoms with Gasteiger partial charge in [-0.3, -0.25) is 0 Å². The number of fused-ring (bicyclic) bond motifs is 9. The van der Waals surface area contributed by atoms with Gasteiger partial charge in [0.15, 0.2) is 0 Å². The van der Waals surface area contributed by atoms with Crippen LogP contribution in [0.2, 0.25) is 0 Å². The maximum atomic E-state index is 3.37. The first-order valence-electron chi connectivity index (χ1n) is 20.3. The smallest absolute Gasteiger partial charge is 0.0636 e. The van der Waals surface area contributed by atoms with Crippen LogP contribution >= 0.6 is 0 Å². The summed E-state index contributed by atoms with van der Waals surface area (Å²) >= 11 is 0. The first-order valence-corrected chi connectivity index (χ1v) is 20.3. The summed E-state index contributed by atoms with van der Waals surface area (Å²) in [6.07, 6.45) is 12.8. The Kier molecular flexibility index (Phi) is 7.41. The van der Waals surface area contributed by atoms with Gasteiger partial charge in [-0.25, -0.2) is 0 Å². The summed E-state index contributed by atoms with van der Waals surface area (Å²) < 4.78 is 4.93. The molecule has 4 heterocycles. The molecule has 0 bridgehead atoms. The van der Waals surface area contributed by atoms with Gasteiger partial charge < -0.3 is 19.4 Å². The van der Waals surface area contributed by atoms with E-state index in [0.717, 1.165) is 25.1 Å². The van der Waals surface area contributed by atoms with E-state index in [0.29, 0.717) is 0 Å². The van der Waals surface area contributed by atoms with Crippen molar-refractivity contribution >= 4 is 49.3 Å². The predicted octanol–water partition coefficient (Wildman–Crippen LogP) is 13.1. The predicted molar refractivity (Wildman–Crippen MR) is 242 cm³/mol. The number of rotatable bonds is 4. The van der Waals surface area contributed by atoms with Crippen molar-refractivity contribution in [1.29, 1.82) is 0 Å². The number of dihydropyridines is 1. The third-order valence-corrected chi connectivity index (χ3v) is 13.4. The van der Waals surface area contributed by atoms with Crippen LogP contribution in [0, 0.1) is 41.5 Å². The van der Waals surface area contributed by atoms with Gasteiger partial charge in [-0.1, -0.05) is 36.4 Å². The summed E-state index contributed by atoms with van der Waals surface area (Å²) in [4.78, 5) is 3.33. The van der Waals surface area contributed by atoms with Crippen LogP contribution in [0.5, 0.6) is 0 Å². The SMILES string of the molecule is Cc1cc(-c2ccc3c(c2)c2cc4c(cc2n3C2=CCNC=C2)-c2cc3c(cc2CC4)c2cc(-c4cc(C)c(C)c(C)c4)ccc2n3-c2cc[nH]c2)cc(C)c1C. The molecule has 0 fully saturated rings. The monoisotopic (exact) mass is 738 g/mol. The highest BCUT2D eigenvalue weighted by Gasteiger charge is 2.24. The molecule has 0 spiro atoms. The molecule has 2 N–H and O–H groups in total. The number of aryl methyl sites for hydroxylation is 6. The Bertz CT molecular complexity index is 3180. The van der Waals surface area contributed by atoms with E-state index in [1.807, 2.05) is 6.20 Å². The largest absolute Gasteiger partial charge is 0.387 e. The van der Waals surface area contributed by atoms with Crippen LogP contribution in [0.15, 0.2) is 122 Å². The Morgan fingerprint density at radius 2 is 1.00 bits per heavy atom. The molecular weight excluding hydrogens is 693 g/mol. The fraction of sp³-hybridized carbons (Fsp3) is 0.170. The molecule has 1 aliphatic heterocycles. The van der Waals surface area contributed by atoms with Gasteiger partial charge in [0.25, 0.3) is 0 Å². The molecule has 0 unspecified atom stereocenters. The van der Waals surface area contributed by atoms with E-state index in [9.17, 15) is 0 Å².